The van der Waals surface area contributed by atoms with Gasteiger partial charge in [0.15, 0.2) is 17.3 Å². The Labute approximate surface area is 236 Å². The normalized spacial score (nSPS) is 10.3. The molecule has 0 aliphatic rings. The van der Waals surface area contributed by atoms with Crippen molar-refractivity contribution in [2.45, 2.75) is 19.6 Å². The largest absolute Gasteiger partial charge is 0.493 e. The zero-order valence-electron chi connectivity index (χ0n) is 22.2. The highest BCUT2D eigenvalue weighted by molar-refractivity contribution is 6.00. The first-order valence-electron chi connectivity index (χ1n) is 12.6. The maximum Gasteiger partial charge on any atom is 0.180 e. The summed E-state index contributed by atoms with van der Waals surface area (Å²) in [6.45, 7) is 1.60. The first-order valence-corrected chi connectivity index (χ1v) is 12.6. The van der Waals surface area contributed by atoms with Crippen molar-refractivity contribution < 1.29 is 23.7 Å². The predicted molar refractivity (Wildman–Crippen MR) is 156 cm³/mol. The molecule has 0 unspecified atom stereocenters. The van der Waals surface area contributed by atoms with Gasteiger partial charge in [0.05, 0.1) is 26.3 Å². The highest BCUT2D eigenvalue weighted by Gasteiger charge is 2.15. The predicted octanol–water partition coefficient (Wildman–Crippen LogP) is 6.30. The van der Waals surface area contributed by atoms with E-state index in [0.717, 1.165) is 23.1 Å². The number of carbonyl (C=O) groups excluding carboxylic acids is 1. The van der Waals surface area contributed by atoms with Crippen LogP contribution in [0.15, 0.2) is 97.1 Å². The fourth-order valence-corrected chi connectivity index (χ4v) is 3.98. The van der Waals surface area contributed by atoms with Gasteiger partial charge in [0.1, 0.15) is 24.7 Å². The van der Waals surface area contributed by atoms with Crippen LogP contribution in [0.4, 0.5) is 0 Å². The third-order valence-corrected chi connectivity index (χ3v) is 6.06. The van der Waals surface area contributed by atoms with E-state index >= 15 is 0 Å². The lowest BCUT2D eigenvalue weighted by molar-refractivity contribution is 0.0986. The summed E-state index contributed by atoms with van der Waals surface area (Å²) in [5, 5.41) is 3.26. The summed E-state index contributed by atoms with van der Waals surface area (Å²) >= 11 is 0. The average molecular weight is 548 g/mol. The van der Waals surface area contributed by atoms with Crippen molar-refractivity contribution in [2.24, 2.45) is 0 Å². The number of hydrogen-bond donors (Lipinski definition) is 1. The van der Waals surface area contributed by atoms with E-state index in [1.54, 1.807) is 26.4 Å². The lowest BCUT2D eigenvalue weighted by atomic mass is 10.1. The number of carbonyl (C=O) groups is 1. The molecule has 0 aliphatic carbocycles. The maximum atomic E-state index is 13.3. The topological polar surface area (TPSA) is 66.0 Å². The molecule has 0 saturated heterocycles. The number of nitrogens with one attached hydrogen (secondary N) is 1. The average Bonchev–Trinajstić information content (AvgIpc) is 2.98. The van der Waals surface area contributed by atoms with Gasteiger partial charge in [0.2, 0.25) is 0 Å². The molecule has 0 atom stereocenters. The smallest absolute Gasteiger partial charge is 0.180 e. The summed E-state index contributed by atoms with van der Waals surface area (Å²) in [5.74, 6) is 2.47. The van der Waals surface area contributed by atoms with Gasteiger partial charge in [-0.05, 0) is 60.0 Å². The van der Waals surface area contributed by atoms with Crippen LogP contribution in [0.25, 0.3) is 0 Å². The number of Topliss-reactive ketones (excluding diaryl/α,β-unsaturated/α-hetero) is 1. The van der Waals surface area contributed by atoms with Gasteiger partial charge >= 0.3 is 0 Å². The van der Waals surface area contributed by atoms with Crippen molar-refractivity contribution in [3.05, 3.63) is 119 Å². The Morgan fingerprint density at radius 1 is 0.667 bits per heavy atom. The maximum absolute atomic E-state index is 13.3. The second-order valence-electron chi connectivity index (χ2n) is 8.75. The van der Waals surface area contributed by atoms with Crippen molar-refractivity contribution in [2.75, 3.05) is 27.3 Å². The van der Waals surface area contributed by atoms with Crippen molar-refractivity contribution in [3.63, 3.8) is 0 Å². The van der Waals surface area contributed by atoms with Gasteiger partial charge in [-0.1, -0.05) is 66.7 Å². The van der Waals surface area contributed by atoms with Crippen molar-refractivity contribution in [3.8, 4) is 23.0 Å². The Balaban J connectivity index is 0.00000420. The summed E-state index contributed by atoms with van der Waals surface area (Å²) in [6.07, 6.45) is 0.741. The van der Waals surface area contributed by atoms with Gasteiger partial charge < -0.3 is 24.3 Å². The molecule has 4 rings (SSSR count). The Morgan fingerprint density at radius 3 is 1.92 bits per heavy atom. The molecule has 0 spiro atoms. The zero-order chi connectivity index (χ0) is 26.6. The molecule has 0 aromatic heterocycles. The molecule has 39 heavy (non-hydrogen) atoms. The van der Waals surface area contributed by atoms with E-state index in [4.69, 9.17) is 18.9 Å². The molecular weight excluding hydrogens is 514 g/mol. The molecule has 0 heterocycles. The van der Waals surface area contributed by atoms with E-state index in [-0.39, 0.29) is 24.7 Å². The lowest BCUT2D eigenvalue weighted by Crippen LogP contribution is -2.25. The van der Waals surface area contributed by atoms with Gasteiger partial charge in [0, 0.05) is 0 Å². The van der Waals surface area contributed by atoms with E-state index in [1.807, 2.05) is 84.9 Å². The summed E-state index contributed by atoms with van der Waals surface area (Å²) in [6, 6.07) is 31.1. The molecular formula is C32H34ClNO5. The number of halogens is 1. The quantitative estimate of drug-likeness (QED) is 0.148. The third kappa shape index (κ3) is 8.77. The van der Waals surface area contributed by atoms with Crippen molar-refractivity contribution in [1.82, 2.24) is 5.32 Å². The van der Waals surface area contributed by atoms with Gasteiger partial charge in [-0.25, -0.2) is 0 Å². The highest BCUT2D eigenvalue weighted by atomic mass is 35.5. The molecule has 204 valence electrons. The molecule has 0 aliphatic heterocycles. The minimum atomic E-state index is -0.0643. The minimum Gasteiger partial charge on any atom is -0.493 e. The van der Waals surface area contributed by atoms with Crippen LogP contribution in [0.2, 0.25) is 0 Å². The Kier molecular flexibility index (Phi) is 11.7. The number of ketones is 1. The fourth-order valence-electron chi connectivity index (χ4n) is 3.98. The molecule has 0 radical (unpaired) electrons. The second kappa shape index (κ2) is 15.4. The summed E-state index contributed by atoms with van der Waals surface area (Å²) < 4.78 is 22.7. The monoisotopic (exact) mass is 547 g/mol. The van der Waals surface area contributed by atoms with Crippen LogP contribution in [-0.2, 0) is 19.6 Å². The van der Waals surface area contributed by atoms with Crippen molar-refractivity contribution in [1.29, 1.82) is 0 Å². The fraction of sp³-hybridized carbons (Fsp3) is 0.219. The first-order chi connectivity index (χ1) is 18.7. The number of hydrogen-bond acceptors (Lipinski definition) is 6. The van der Waals surface area contributed by atoms with Crippen LogP contribution in [0.1, 0.15) is 27.0 Å². The highest BCUT2D eigenvalue weighted by Crippen LogP contribution is 2.28. The van der Waals surface area contributed by atoms with E-state index < -0.39 is 0 Å². The van der Waals surface area contributed by atoms with Crippen LogP contribution < -0.4 is 24.3 Å². The summed E-state index contributed by atoms with van der Waals surface area (Å²) in [4.78, 5) is 13.3. The molecule has 1 N–H and O–H groups in total. The van der Waals surface area contributed by atoms with E-state index in [9.17, 15) is 4.79 Å². The molecule has 6 nitrogen and oxygen atoms in total. The SMILES string of the molecule is COc1ccc(CCNCC(=O)c2cc(OCc3ccccc3)ccc2OCc2ccccc2)cc1OC.Cl. The van der Waals surface area contributed by atoms with E-state index in [1.165, 1.54) is 0 Å². The first kappa shape index (κ1) is 29.6. The minimum absolute atomic E-state index is 0. The molecule has 0 amide bonds. The third-order valence-electron chi connectivity index (χ3n) is 6.06. The van der Waals surface area contributed by atoms with Crippen LogP contribution in [0.5, 0.6) is 23.0 Å². The second-order valence-corrected chi connectivity index (χ2v) is 8.75. The molecule has 4 aromatic rings. The van der Waals surface area contributed by atoms with Gasteiger partial charge in [0.25, 0.3) is 0 Å². The van der Waals surface area contributed by atoms with E-state index in [2.05, 4.69) is 5.32 Å². The van der Waals surface area contributed by atoms with Gasteiger partial charge in [-0.2, -0.15) is 0 Å². The van der Waals surface area contributed by atoms with Crippen LogP contribution in [0, 0.1) is 0 Å². The molecule has 7 heteroatoms. The zero-order valence-corrected chi connectivity index (χ0v) is 23.0. The van der Waals surface area contributed by atoms with Gasteiger partial charge in [-0.15, -0.1) is 12.4 Å². The van der Waals surface area contributed by atoms with Crippen LogP contribution >= 0.6 is 12.4 Å². The molecule has 4 aromatic carbocycles. The standard InChI is InChI=1S/C32H33NO5.ClH/c1-35-31-15-13-24(19-32(31)36-2)17-18-33-21-29(34)28-20-27(37-22-25-9-5-3-6-10-25)14-16-30(28)38-23-26-11-7-4-8-12-26;/h3-16,19-20,33H,17-18,21-23H2,1-2H3;1H. The van der Waals surface area contributed by atoms with E-state index in [0.29, 0.717) is 48.3 Å². The van der Waals surface area contributed by atoms with Crippen LogP contribution in [0.3, 0.4) is 0 Å². The van der Waals surface area contributed by atoms with Gasteiger partial charge in [-0.3, -0.25) is 4.79 Å². The number of rotatable bonds is 14. The van der Waals surface area contributed by atoms with Crippen molar-refractivity contribution >= 4 is 18.2 Å². The molecule has 0 fully saturated rings. The van der Waals surface area contributed by atoms with Crippen LogP contribution in [-0.4, -0.2) is 33.1 Å². The molecule has 0 saturated carbocycles. The Hall–Kier alpha value is -4.00. The number of methoxy groups -OCH3 is 2. The summed E-state index contributed by atoms with van der Waals surface area (Å²) in [5.41, 5.74) is 3.67. The Morgan fingerprint density at radius 2 is 1.28 bits per heavy atom. The lowest BCUT2D eigenvalue weighted by Gasteiger charge is -2.14. The summed E-state index contributed by atoms with van der Waals surface area (Å²) in [7, 11) is 3.23. The Bertz CT molecular complexity index is 1310. The molecule has 0 bridgehead atoms. The number of benzene rings is 4. The number of ether oxygens (including phenoxy) is 4.